The topological polar surface area (TPSA) is 103 Å². The lowest BCUT2D eigenvalue weighted by atomic mass is 9.95. The Bertz CT molecular complexity index is 1520. The molecule has 0 radical (unpaired) electrons. The average Bonchev–Trinajstić information content (AvgIpc) is 3.79. The Balaban J connectivity index is 0.00000234. The van der Waals surface area contributed by atoms with Crippen molar-refractivity contribution in [1.29, 1.82) is 0 Å². The van der Waals surface area contributed by atoms with E-state index in [1.165, 1.54) is 12.0 Å². The van der Waals surface area contributed by atoms with E-state index in [0.29, 0.717) is 29.4 Å². The molecule has 2 aromatic rings. The van der Waals surface area contributed by atoms with Crippen molar-refractivity contribution in [2.75, 3.05) is 38.2 Å². The number of fused-ring (bicyclic) bond motifs is 1. The van der Waals surface area contributed by atoms with Crippen LogP contribution in [0.25, 0.3) is 0 Å². The highest BCUT2D eigenvalue weighted by molar-refractivity contribution is 5.94. The van der Waals surface area contributed by atoms with Crippen LogP contribution in [0.3, 0.4) is 0 Å². The summed E-state index contributed by atoms with van der Waals surface area (Å²) in [5, 5.41) is 6.18. The molecular weight excluding hydrogens is 590 g/mol. The van der Waals surface area contributed by atoms with E-state index in [9.17, 15) is 9.59 Å². The SMILES string of the molecule is Cc1nc(Nc2ccc(C(=O)NC(C)C)cc2)ncc1CN1CCC(N2C(=O)N(C3CCOCC3)C[C@H]2C2=CCC=CC3CC23)CC1.[HH].[HH]. The third kappa shape index (κ3) is 7.09. The number of allylic oxidation sites excluding steroid dienone is 3. The number of benzene rings is 1. The number of aromatic nitrogens is 2. The minimum Gasteiger partial charge on any atom is -0.381 e. The number of carbonyl (C=O) groups is 2. The third-order valence-corrected chi connectivity index (χ3v) is 10.6. The second-order valence-electron chi connectivity index (χ2n) is 14.2. The third-order valence-electron chi connectivity index (χ3n) is 10.6. The molecule has 2 aliphatic carbocycles. The largest absolute Gasteiger partial charge is 0.381 e. The van der Waals surface area contributed by atoms with Gasteiger partial charge in [0.1, 0.15) is 0 Å². The first kappa shape index (κ1) is 31.8. The number of likely N-dealkylation sites (tertiary alicyclic amines) is 1. The fourth-order valence-electron chi connectivity index (χ4n) is 7.90. The summed E-state index contributed by atoms with van der Waals surface area (Å²) in [6, 6.07) is 8.44. The number of nitrogens with one attached hydrogen (secondary N) is 2. The second-order valence-corrected chi connectivity index (χ2v) is 14.2. The quantitative estimate of drug-likeness (QED) is 0.327. The summed E-state index contributed by atoms with van der Waals surface area (Å²) < 4.78 is 5.64. The van der Waals surface area contributed by atoms with Crippen LogP contribution >= 0.6 is 0 Å². The van der Waals surface area contributed by atoms with Crippen LogP contribution in [0.1, 0.15) is 76.8 Å². The lowest BCUT2D eigenvalue weighted by Crippen LogP contribution is -2.50. The Morgan fingerprint density at radius 1 is 1.09 bits per heavy atom. The molecule has 3 saturated heterocycles. The molecule has 3 aliphatic heterocycles. The Morgan fingerprint density at radius 2 is 1.85 bits per heavy atom. The Morgan fingerprint density at radius 3 is 2.57 bits per heavy atom. The van der Waals surface area contributed by atoms with Gasteiger partial charge in [-0.1, -0.05) is 18.2 Å². The summed E-state index contributed by atoms with van der Waals surface area (Å²) in [6.07, 6.45) is 15.1. The van der Waals surface area contributed by atoms with Crippen molar-refractivity contribution in [1.82, 2.24) is 30.0 Å². The maximum atomic E-state index is 14.1. The standard InChI is InChI=1S/C37H49N7O3.2H2/c1-24(2)39-35(45)26-8-10-29(11-9-26)41-36-38-21-28(25(3)40-36)22-42-16-12-31(13-17-42)44-34(32-7-5-4-6-27-20-33(27)32)23-43(37(44)46)30-14-18-47-19-15-30;;/h4,6-11,21,24,27,30-31,33-34H,5,12-20,22-23H2,1-3H3,(H,39,45)(H,38,40,41);2*1H/t27?,33?,34-;;/m0../s1. The molecule has 47 heavy (non-hydrogen) atoms. The highest BCUT2D eigenvalue weighted by Crippen LogP contribution is 2.50. The molecule has 1 saturated carbocycles. The van der Waals surface area contributed by atoms with Crippen molar-refractivity contribution < 1.29 is 17.2 Å². The molecule has 254 valence electrons. The van der Waals surface area contributed by atoms with Crippen molar-refractivity contribution in [2.45, 2.75) is 90.0 Å². The van der Waals surface area contributed by atoms with Gasteiger partial charge in [-0.3, -0.25) is 9.69 Å². The molecule has 4 heterocycles. The summed E-state index contributed by atoms with van der Waals surface area (Å²) >= 11 is 0. The molecule has 3 amide bonds. The van der Waals surface area contributed by atoms with Gasteiger partial charge in [-0.25, -0.2) is 14.8 Å². The highest BCUT2D eigenvalue weighted by atomic mass is 16.5. The van der Waals surface area contributed by atoms with Crippen LogP contribution in [0.5, 0.6) is 0 Å². The smallest absolute Gasteiger partial charge is 0.321 e. The van der Waals surface area contributed by atoms with Gasteiger partial charge >= 0.3 is 6.03 Å². The zero-order chi connectivity index (χ0) is 32.5. The number of hydrogen-bond donors (Lipinski definition) is 2. The summed E-state index contributed by atoms with van der Waals surface area (Å²) in [6.45, 7) is 10.9. The van der Waals surface area contributed by atoms with E-state index in [1.54, 1.807) is 12.1 Å². The number of rotatable bonds is 9. The summed E-state index contributed by atoms with van der Waals surface area (Å²) in [4.78, 5) is 42.7. The molecule has 4 fully saturated rings. The van der Waals surface area contributed by atoms with Gasteiger partial charge in [0, 0.05) is 89.1 Å². The number of anilines is 2. The molecule has 3 atom stereocenters. The van der Waals surface area contributed by atoms with Gasteiger partial charge in [-0.2, -0.15) is 0 Å². The normalized spacial score (nSPS) is 25.5. The van der Waals surface area contributed by atoms with Gasteiger partial charge in [-0.15, -0.1) is 0 Å². The lowest BCUT2D eigenvalue weighted by molar-refractivity contribution is 0.0493. The van der Waals surface area contributed by atoms with Crippen LogP contribution in [-0.4, -0.2) is 93.6 Å². The van der Waals surface area contributed by atoms with Gasteiger partial charge in [0.25, 0.3) is 5.91 Å². The summed E-state index contributed by atoms with van der Waals surface area (Å²) in [5.41, 5.74) is 5.04. The number of aryl methyl sites for hydroxylation is 1. The van der Waals surface area contributed by atoms with E-state index in [1.807, 2.05) is 39.1 Å². The van der Waals surface area contributed by atoms with Crippen LogP contribution in [0, 0.1) is 18.8 Å². The van der Waals surface area contributed by atoms with Crippen molar-refractivity contribution >= 4 is 23.6 Å². The number of ether oxygens (including phenoxy) is 1. The molecule has 5 aliphatic rings. The fourth-order valence-corrected chi connectivity index (χ4v) is 7.90. The monoisotopic (exact) mass is 643 g/mol. The molecule has 1 aromatic carbocycles. The average molecular weight is 644 g/mol. The molecule has 2 unspecified atom stereocenters. The van der Waals surface area contributed by atoms with Gasteiger partial charge in [0.05, 0.1) is 6.04 Å². The van der Waals surface area contributed by atoms with Crippen LogP contribution < -0.4 is 10.6 Å². The first-order chi connectivity index (χ1) is 22.8. The minimum absolute atomic E-state index is 0. The van der Waals surface area contributed by atoms with Gasteiger partial charge in [-0.05, 0) is 101 Å². The minimum atomic E-state index is -0.0817. The van der Waals surface area contributed by atoms with Crippen LogP contribution in [0.4, 0.5) is 16.4 Å². The number of amides is 3. The first-order valence-electron chi connectivity index (χ1n) is 17.6. The van der Waals surface area contributed by atoms with E-state index in [0.717, 1.165) is 88.4 Å². The second kappa shape index (κ2) is 13.8. The molecule has 7 rings (SSSR count). The maximum Gasteiger partial charge on any atom is 0.321 e. The van der Waals surface area contributed by atoms with Crippen LogP contribution in [0.15, 0.2) is 54.3 Å². The van der Waals surface area contributed by atoms with E-state index >= 15 is 0 Å². The van der Waals surface area contributed by atoms with Gasteiger partial charge < -0.3 is 25.2 Å². The summed E-state index contributed by atoms with van der Waals surface area (Å²) in [5.74, 6) is 1.73. The van der Waals surface area contributed by atoms with Gasteiger partial charge in [0.2, 0.25) is 5.95 Å². The van der Waals surface area contributed by atoms with Crippen molar-refractivity contribution in [3.8, 4) is 0 Å². The van der Waals surface area contributed by atoms with E-state index in [2.05, 4.69) is 48.5 Å². The molecule has 10 heteroatoms. The van der Waals surface area contributed by atoms with Crippen LogP contribution in [0.2, 0.25) is 0 Å². The predicted molar refractivity (Wildman–Crippen MR) is 187 cm³/mol. The molecule has 0 spiro atoms. The number of carbonyl (C=O) groups excluding carboxylic acids is 2. The van der Waals surface area contributed by atoms with E-state index in [4.69, 9.17) is 9.72 Å². The number of piperidine rings is 1. The fraction of sp³-hybridized carbons (Fsp3) is 0.568. The molecule has 2 N–H and O–H groups in total. The number of urea groups is 1. The maximum absolute atomic E-state index is 14.1. The zero-order valence-corrected chi connectivity index (χ0v) is 28.0. The molecule has 1 aromatic heterocycles. The van der Waals surface area contributed by atoms with Crippen LogP contribution in [-0.2, 0) is 11.3 Å². The molecule has 0 bridgehead atoms. The van der Waals surface area contributed by atoms with E-state index in [-0.39, 0.29) is 32.9 Å². The Kier molecular flexibility index (Phi) is 9.32. The van der Waals surface area contributed by atoms with Gasteiger partial charge in [0.15, 0.2) is 0 Å². The van der Waals surface area contributed by atoms with Crippen molar-refractivity contribution in [3.05, 3.63) is 71.1 Å². The summed E-state index contributed by atoms with van der Waals surface area (Å²) in [7, 11) is 0. The van der Waals surface area contributed by atoms with Crippen molar-refractivity contribution in [3.63, 3.8) is 0 Å². The Hall–Kier alpha value is -3.76. The zero-order valence-electron chi connectivity index (χ0n) is 28.0. The molecule has 10 nitrogen and oxygen atoms in total. The lowest BCUT2D eigenvalue weighted by Gasteiger charge is -2.40. The van der Waals surface area contributed by atoms with E-state index < -0.39 is 0 Å². The Labute approximate surface area is 281 Å². The highest BCUT2D eigenvalue weighted by Gasteiger charge is 2.50. The number of nitrogens with zero attached hydrogens (tertiary/aromatic N) is 5. The molecular formula is C37H53N7O3. The predicted octanol–water partition coefficient (Wildman–Crippen LogP) is 5.93. The van der Waals surface area contributed by atoms with Crippen molar-refractivity contribution in [2.24, 2.45) is 11.8 Å². The number of hydrogen-bond acceptors (Lipinski definition) is 7. The first-order valence-corrected chi connectivity index (χ1v) is 17.6.